The van der Waals surface area contributed by atoms with Crippen molar-refractivity contribution in [2.24, 2.45) is 5.73 Å². The third kappa shape index (κ3) is 2.51. The molecule has 0 radical (unpaired) electrons. The molecule has 0 spiro atoms. The summed E-state index contributed by atoms with van der Waals surface area (Å²) >= 11 is 0. The number of hydrogen-bond acceptors (Lipinski definition) is 3. The molecule has 18 heavy (non-hydrogen) atoms. The highest BCUT2D eigenvalue weighted by atomic mass is 15.2. The minimum absolute atomic E-state index is 0.0234. The van der Waals surface area contributed by atoms with Crippen LogP contribution in [0.4, 0.5) is 11.5 Å². The van der Waals surface area contributed by atoms with Crippen molar-refractivity contribution in [1.29, 1.82) is 0 Å². The van der Waals surface area contributed by atoms with Crippen LogP contribution in [0.3, 0.4) is 0 Å². The Morgan fingerprint density at radius 2 is 1.89 bits per heavy atom. The first kappa shape index (κ1) is 12.6. The number of nitrogens with two attached hydrogens (primary N) is 1. The quantitative estimate of drug-likeness (QED) is 0.897. The van der Waals surface area contributed by atoms with Crippen molar-refractivity contribution in [3.8, 4) is 0 Å². The van der Waals surface area contributed by atoms with Crippen LogP contribution in [0.25, 0.3) is 0 Å². The summed E-state index contributed by atoms with van der Waals surface area (Å²) in [6.45, 7) is 4.06. The Bertz CT molecular complexity index is 518. The first-order chi connectivity index (χ1) is 8.59. The topological polar surface area (TPSA) is 42.1 Å². The molecular formula is C15H19N3. The fraction of sp³-hybridized carbons (Fsp3) is 0.267. The number of para-hydroxylation sites is 1. The molecule has 2 rings (SSSR count). The van der Waals surface area contributed by atoms with Gasteiger partial charge in [-0.1, -0.05) is 24.3 Å². The van der Waals surface area contributed by atoms with Gasteiger partial charge in [-0.2, -0.15) is 0 Å². The second-order valence-electron chi connectivity index (χ2n) is 4.58. The monoisotopic (exact) mass is 241 g/mol. The van der Waals surface area contributed by atoms with E-state index in [2.05, 4.69) is 28.9 Å². The lowest BCUT2D eigenvalue weighted by atomic mass is 10.1. The van der Waals surface area contributed by atoms with Crippen molar-refractivity contribution in [1.82, 2.24) is 4.98 Å². The summed E-state index contributed by atoms with van der Waals surface area (Å²) in [7, 11) is 2.02. The molecule has 0 amide bonds. The van der Waals surface area contributed by atoms with E-state index < -0.39 is 0 Å². The van der Waals surface area contributed by atoms with Gasteiger partial charge in [-0.05, 0) is 37.1 Å². The van der Waals surface area contributed by atoms with Gasteiger partial charge >= 0.3 is 0 Å². The zero-order chi connectivity index (χ0) is 13.1. The van der Waals surface area contributed by atoms with Gasteiger partial charge in [0.1, 0.15) is 5.82 Å². The molecule has 0 aliphatic carbocycles. The van der Waals surface area contributed by atoms with Crippen molar-refractivity contribution >= 4 is 11.5 Å². The van der Waals surface area contributed by atoms with E-state index in [-0.39, 0.29) is 6.04 Å². The third-order valence-electron chi connectivity index (χ3n) is 3.12. The maximum atomic E-state index is 5.82. The van der Waals surface area contributed by atoms with Gasteiger partial charge in [0.05, 0.1) is 0 Å². The van der Waals surface area contributed by atoms with Crippen LogP contribution in [0.15, 0.2) is 42.6 Å². The number of pyridine rings is 1. The fourth-order valence-corrected chi connectivity index (χ4v) is 1.93. The Balaban J connectivity index is 2.29. The van der Waals surface area contributed by atoms with Crippen molar-refractivity contribution in [3.05, 3.63) is 53.7 Å². The standard InChI is InChI=1S/C15H19N3/c1-11-6-4-5-7-14(11)18(3)15-9-8-13(10-17-15)12(2)16/h4-10,12H,16H2,1-3H3. The van der Waals surface area contributed by atoms with Gasteiger partial charge in [0.25, 0.3) is 0 Å². The number of aryl methyl sites for hydroxylation is 1. The smallest absolute Gasteiger partial charge is 0.132 e. The van der Waals surface area contributed by atoms with E-state index in [9.17, 15) is 0 Å². The SMILES string of the molecule is Cc1ccccc1N(C)c1ccc(C(C)N)cn1. The molecule has 0 aliphatic heterocycles. The van der Waals surface area contributed by atoms with Crippen LogP contribution in [0.2, 0.25) is 0 Å². The van der Waals surface area contributed by atoms with E-state index in [1.54, 1.807) is 0 Å². The van der Waals surface area contributed by atoms with E-state index in [4.69, 9.17) is 5.73 Å². The second kappa shape index (κ2) is 5.19. The molecule has 0 bridgehead atoms. The molecule has 1 aromatic carbocycles. The maximum Gasteiger partial charge on any atom is 0.132 e. The van der Waals surface area contributed by atoms with E-state index in [1.807, 2.05) is 44.4 Å². The van der Waals surface area contributed by atoms with Crippen molar-refractivity contribution in [3.63, 3.8) is 0 Å². The summed E-state index contributed by atoms with van der Waals surface area (Å²) in [5.74, 6) is 0.925. The fourth-order valence-electron chi connectivity index (χ4n) is 1.93. The lowest BCUT2D eigenvalue weighted by molar-refractivity contribution is 0.811. The predicted octanol–water partition coefficient (Wildman–Crippen LogP) is 3.18. The van der Waals surface area contributed by atoms with Crippen LogP contribution < -0.4 is 10.6 Å². The molecule has 1 aromatic heterocycles. The number of rotatable bonds is 3. The number of benzene rings is 1. The van der Waals surface area contributed by atoms with Gasteiger partial charge in [0.2, 0.25) is 0 Å². The molecule has 0 aliphatic rings. The van der Waals surface area contributed by atoms with E-state index in [1.165, 1.54) is 11.3 Å². The Morgan fingerprint density at radius 3 is 2.44 bits per heavy atom. The molecule has 1 atom stereocenters. The number of hydrogen-bond donors (Lipinski definition) is 1. The molecule has 1 unspecified atom stereocenters. The van der Waals surface area contributed by atoms with E-state index >= 15 is 0 Å². The van der Waals surface area contributed by atoms with Crippen LogP contribution in [0.5, 0.6) is 0 Å². The highest BCUT2D eigenvalue weighted by Crippen LogP contribution is 2.25. The molecular weight excluding hydrogens is 222 g/mol. The lowest BCUT2D eigenvalue weighted by Crippen LogP contribution is -2.13. The molecule has 0 saturated carbocycles. The summed E-state index contributed by atoms with van der Waals surface area (Å²) in [6.07, 6.45) is 1.84. The second-order valence-corrected chi connectivity index (χ2v) is 4.58. The lowest BCUT2D eigenvalue weighted by Gasteiger charge is -2.20. The zero-order valence-electron chi connectivity index (χ0n) is 11.1. The average molecular weight is 241 g/mol. The number of nitrogens with zero attached hydrogens (tertiary/aromatic N) is 2. The van der Waals surface area contributed by atoms with E-state index in [0.717, 1.165) is 11.4 Å². The van der Waals surface area contributed by atoms with Gasteiger partial charge in [0.15, 0.2) is 0 Å². The van der Waals surface area contributed by atoms with Gasteiger partial charge < -0.3 is 10.6 Å². The Kier molecular flexibility index (Phi) is 3.63. The minimum atomic E-state index is 0.0234. The molecule has 2 N–H and O–H groups in total. The number of aromatic nitrogens is 1. The van der Waals surface area contributed by atoms with Gasteiger partial charge in [0, 0.05) is 25.0 Å². The Morgan fingerprint density at radius 1 is 1.17 bits per heavy atom. The van der Waals surface area contributed by atoms with Crippen molar-refractivity contribution in [2.45, 2.75) is 19.9 Å². The van der Waals surface area contributed by atoms with Crippen LogP contribution in [-0.2, 0) is 0 Å². The molecule has 3 heteroatoms. The minimum Gasteiger partial charge on any atom is -0.329 e. The van der Waals surface area contributed by atoms with Crippen LogP contribution >= 0.6 is 0 Å². The maximum absolute atomic E-state index is 5.82. The highest BCUT2D eigenvalue weighted by Gasteiger charge is 2.08. The van der Waals surface area contributed by atoms with Gasteiger partial charge in [-0.15, -0.1) is 0 Å². The Hall–Kier alpha value is -1.87. The summed E-state index contributed by atoms with van der Waals surface area (Å²) in [5, 5.41) is 0. The summed E-state index contributed by atoms with van der Waals surface area (Å²) in [6, 6.07) is 12.3. The predicted molar refractivity (Wildman–Crippen MR) is 76.1 cm³/mol. The van der Waals surface area contributed by atoms with Crippen molar-refractivity contribution in [2.75, 3.05) is 11.9 Å². The third-order valence-corrected chi connectivity index (χ3v) is 3.12. The number of anilines is 2. The largest absolute Gasteiger partial charge is 0.329 e. The first-order valence-corrected chi connectivity index (χ1v) is 6.10. The van der Waals surface area contributed by atoms with Crippen LogP contribution in [-0.4, -0.2) is 12.0 Å². The zero-order valence-corrected chi connectivity index (χ0v) is 11.1. The molecule has 2 aromatic rings. The van der Waals surface area contributed by atoms with Crippen molar-refractivity contribution < 1.29 is 0 Å². The van der Waals surface area contributed by atoms with Crippen LogP contribution in [0.1, 0.15) is 24.1 Å². The summed E-state index contributed by atoms with van der Waals surface area (Å²) in [5.41, 5.74) is 9.27. The molecule has 0 saturated heterocycles. The molecule has 3 nitrogen and oxygen atoms in total. The molecule has 0 fully saturated rings. The summed E-state index contributed by atoms with van der Waals surface area (Å²) in [4.78, 5) is 6.55. The highest BCUT2D eigenvalue weighted by molar-refractivity contribution is 5.62. The van der Waals surface area contributed by atoms with Crippen LogP contribution in [0, 0.1) is 6.92 Å². The molecule has 94 valence electrons. The average Bonchev–Trinajstić information content (AvgIpc) is 2.38. The first-order valence-electron chi connectivity index (χ1n) is 6.10. The van der Waals surface area contributed by atoms with Gasteiger partial charge in [-0.3, -0.25) is 0 Å². The Labute approximate surface area is 108 Å². The van der Waals surface area contributed by atoms with E-state index in [0.29, 0.717) is 0 Å². The normalized spacial score (nSPS) is 12.2. The summed E-state index contributed by atoms with van der Waals surface area (Å²) < 4.78 is 0. The molecule has 1 heterocycles. The van der Waals surface area contributed by atoms with Gasteiger partial charge in [-0.25, -0.2) is 4.98 Å².